The Morgan fingerprint density at radius 3 is 1.09 bits per heavy atom. The summed E-state index contributed by atoms with van der Waals surface area (Å²) in [5.41, 5.74) is 36.4. The van der Waals surface area contributed by atoms with Crippen LogP contribution in [0.25, 0.3) is 77.6 Å². The van der Waals surface area contributed by atoms with E-state index in [1.807, 2.05) is 0 Å². The van der Waals surface area contributed by atoms with Gasteiger partial charge in [-0.3, -0.25) is 0 Å². The monoisotopic (exact) mass is 1320 g/mol. The zero-order chi connectivity index (χ0) is 68.8. The molecule has 0 N–H and O–H groups in total. The molecule has 17 aromatic rings. The Morgan fingerprint density at radius 2 is 0.587 bits per heavy atom. The Balaban J connectivity index is 0.745. The standard InChI is InChI=1S/C101H68N2O/c1-65-45-57-79-81-59-55-75(63-91(81)99(89(79)61-65,69-25-7-3-8-26-69)70-27-9-4-10-28-70)102(76-56-60-82-80-58-46-66(2)62-90(80)100(92(82)64-76,71-29-11-5-12-30-71)72-31-13-6-14-32-72)73-51-47-67(48-52-73)68-49-53-74(54-50-68)103(94-42-24-44-96-98(94)84-36-18-22-43-95(84)104-96)93-41-23-40-88-97(93)83-35-17-21-39-87(83)101(88)85-37-19-15-33-77(85)78-34-16-20-38-86(78)101/h3-64H,1-2H3. The molecular weight excluding hydrogens is 1260 g/mol. The summed E-state index contributed by atoms with van der Waals surface area (Å²) in [6, 6.07) is 141. The zero-order valence-electron chi connectivity index (χ0n) is 57.6. The minimum absolute atomic E-state index is 0.512. The maximum Gasteiger partial charge on any atom is 0.137 e. The minimum atomic E-state index is -0.611. The molecule has 0 saturated heterocycles. The fourth-order valence-corrected chi connectivity index (χ4v) is 19.2. The Hall–Kier alpha value is -13.1. The van der Waals surface area contributed by atoms with Gasteiger partial charge in [-0.15, -0.1) is 0 Å². The predicted octanol–water partition coefficient (Wildman–Crippen LogP) is 25.9. The van der Waals surface area contributed by atoms with Crippen molar-refractivity contribution in [2.24, 2.45) is 0 Å². The average molecular weight is 1330 g/mol. The number of benzene rings is 16. The van der Waals surface area contributed by atoms with Crippen LogP contribution < -0.4 is 9.80 Å². The van der Waals surface area contributed by atoms with Gasteiger partial charge in [-0.2, -0.15) is 0 Å². The first kappa shape index (κ1) is 59.8. The molecule has 0 bridgehead atoms. The van der Waals surface area contributed by atoms with Crippen molar-refractivity contribution in [3.8, 4) is 55.6 Å². The van der Waals surface area contributed by atoms with E-state index in [4.69, 9.17) is 4.42 Å². The second-order valence-corrected chi connectivity index (χ2v) is 28.6. The third-order valence-electron chi connectivity index (χ3n) is 23.3. The molecule has 104 heavy (non-hydrogen) atoms. The lowest BCUT2D eigenvalue weighted by Gasteiger charge is -2.36. The zero-order valence-corrected chi connectivity index (χ0v) is 57.6. The molecule has 0 fully saturated rings. The molecule has 0 saturated carbocycles. The van der Waals surface area contributed by atoms with Crippen molar-refractivity contribution in [1.82, 2.24) is 0 Å². The molecule has 0 unspecified atom stereocenters. The molecule has 0 aliphatic heterocycles. The molecule has 4 aliphatic carbocycles. The first-order valence-corrected chi connectivity index (χ1v) is 36.3. The highest BCUT2D eigenvalue weighted by atomic mass is 16.3. The number of anilines is 6. The normalized spacial score (nSPS) is 13.9. The van der Waals surface area contributed by atoms with Crippen LogP contribution in [-0.4, -0.2) is 0 Å². The molecule has 0 atom stereocenters. The second-order valence-electron chi connectivity index (χ2n) is 28.6. The van der Waals surface area contributed by atoms with E-state index in [1.165, 1.54) is 122 Å². The van der Waals surface area contributed by atoms with E-state index in [1.54, 1.807) is 0 Å². The van der Waals surface area contributed by atoms with Gasteiger partial charge in [0, 0.05) is 33.7 Å². The minimum Gasteiger partial charge on any atom is -0.456 e. The molecule has 0 radical (unpaired) electrons. The van der Waals surface area contributed by atoms with Crippen molar-refractivity contribution in [2.45, 2.75) is 30.1 Å². The summed E-state index contributed by atoms with van der Waals surface area (Å²) in [7, 11) is 0. The summed E-state index contributed by atoms with van der Waals surface area (Å²) < 4.78 is 6.71. The van der Waals surface area contributed by atoms with Gasteiger partial charge in [-0.05, 0) is 203 Å². The summed E-state index contributed by atoms with van der Waals surface area (Å²) in [6.07, 6.45) is 0. The largest absolute Gasteiger partial charge is 0.456 e. The van der Waals surface area contributed by atoms with Crippen molar-refractivity contribution in [3.63, 3.8) is 0 Å². The van der Waals surface area contributed by atoms with Gasteiger partial charge in [0.1, 0.15) is 11.2 Å². The van der Waals surface area contributed by atoms with E-state index in [0.717, 1.165) is 67.2 Å². The van der Waals surface area contributed by atoms with Crippen LogP contribution in [0.15, 0.2) is 381 Å². The molecule has 16 aromatic carbocycles. The number of furan rings is 1. The Labute approximate surface area is 606 Å². The van der Waals surface area contributed by atoms with Gasteiger partial charge in [0.05, 0.1) is 33.0 Å². The van der Waals surface area contributed by atoms with Crippen LogP contribution in [0.2, 0.25) is 0 Å². The molecule has 1 spiro atoms. The van der Waals surface area contributed by atoms with Crippen LogP contribution in [0, 0.1) is 13.8 Å². The molecule has 1 aromatic heterocycles. The predicted molar refractivity (Wildman–Crippen MR) is 429 cm³/mol. The SMILES string of the molecule is Cc1ccc2c(c1)C(c1ccccc1)(c1ccccc1)c1cc(N(c3ccc(-c4ccc(N(c5cccc6c5-c5ccccc5C65c6ccccc6-c6ccccc65)c5cccc6oc7ccccc7c56)cc4)cc3)c3ccc4c(c3)C(c3ccccc3)(c3ccccc3)c3cc(C)ccc3-4)ccc1-2. The lowest BCUT2D eigenvalue weighted by Crippen LogP contribution is -2.29. The van der Waals surface area contributed by atoms with Crippen molar-refractivity contribution < 1.29 is 4.42 Å². The number of aryl methyl sites for hydroxylation is 2. The fourth-order valence-electron chi connectivity index (χ4n) is 19.2. The van der Waals surface area contributed by atoms with Crippen LogP contribution in [0.4, 0.5) is 34.1 Å². The van der Waals surface area contributed by atoms with Crippen LogP contribution in [0.5, 0.6) is 0 Å². The van der Waals surface area contributed by atoms with E-state index >= 15 is 0 Å². The van der Waals surface area contributed by atoms with Gasteiger partial charge in [0.25, 0.3) is 0 Å². The molecular formula is C101H68N2O. The number of fused-ring (bicyclic) bond motifs is 19. The summed E-state index contributed by atoms with van der Waals surface area (Å²) in [6.45, 7) is 4.45. The van der Waals surface area contributed by atoms with Gasteiger partial charge < -0.3 is 14.2 Å². The van der Waals surface area contributed by atoms with Crippen molar-refractivity contribution in [1.29, 1.82) is 0 Å². The Morgan fingerprint density at radius 1 is 0.231 bits per heavy atom. The summed E-state index contributed by atoms with van der Waals surface area (Å²) in [5.74, 6) is 0. The summed E-state index contributed by atoms with van der Waals surface area (Å²) in [4.78, 5) is 5.01. The highest BCUT2D eigenvalue weighted by Crippen LogP contribution is 2.66. The van der Waals surface area contributed by atoms with E-state index < -0.39 is 16.2 Å². The van der Waals surface area contributed by atoms with Crippen LogP contribution in [0.3, 0.4) is 0 Å². The van der Waals surface area contributed by atoms with Gasteiger partial charge in [0.15, 0.2) is 0 Å². The first-order chi connectivity index (χ1) is 51.4. The van der Waals surface area contributed by atoms with Crippen molar-refractivity contribution in [3.05, 3.63) is 454 Å². The third kappa shape index (κ3) is 8.35. The molecule has 3 heteroatoms. The lowest BCUT2D eigenvalue weighted by atomic mass is 9.67. The van der Waals surface area contributed by atoms with Crippen LogP contribution in [0.1, 0.15) is 77.9 Å². The fraction of sp³-hybridized carbons (Fsp3) is 0.0495. The van der Waals surface area contributed by atoms with Gasteiger partial charge in [-0.1, -0.05) is 314 Å². The number of para-hydroxylation sites is 1. The second kappa shape index (κ2) is 23.0. The van der Waals surface area contributed by atoms with Gasteiger partial charge in [-0.25, -0.2) is 0 Å². The summed E-state index contributed by atoms with van der Waals surface area (Å²) >= 11 is 0. The van der Waals surface area contributed by atoms with E-state index in [2.05, 4.69) is 400 Å². The van der Waals surface area contributed by atoms with E-state index in [9.17, 15) is 0 Å². The molecule has 0 amide bonds. The average Bonchev–Trinajstić information content (AvgIpc) is 1.52. The quantitative estimate of drug-likeness (QED) is 0.129. The molecule has 4 aliphatic rings. The first-order valence-electron chi connectivity index (χ1n) is 36.3. The molecule has 21 rings (SSSR count). The van der Waals surface area contributed by atoms with Crippen LogP contribution in [-0.2, 0) is 16.2 Å². The number of nitrogens with zero attached hydrogens (tertiary/aromatic N) is 2. The molecule has 3 nitrogen and oxygen atoms in total. The van der Waals surface area contributed by atoms with Gasteiger partial charge in [0.2, 0.25) is 0 Å². The Bertz CT molecular complexity index is 6000. The van der Waals surface area contributed by atoms with E-state index in [0.29, 0.717) is 0 Å². The third-order valence-corrected chi connectivity index (χ3v) is 23.3. The number of hydrogen-bond acceptors (Lipinski definition) is 3. The highest BCUT2D eigenvalue weighted by Gasteiger charge is 2.53. The van der Waals surface area contributed by atoms with Crippen molar-refractivity contribution >= 4 is 56.1 Å². The highest BCUT2D eigenvalue weighted by molar-refractivity contribution is 6.14. The van der Waals surface area contributed by atoms with Gasteiger partial charge >= 0.3 is 0 Å². The molecule has 488 valence electrons. The number of rotatable bonds is 11. The van der Waals surface area contributed by atoms with Crippen LogP contribution >= 0.6 is 0 Å². The maximum absolute atomic E-state index is 6.71. The topological polar surface area (TPSA) is 19.6 Å². The Kier molecular flexibility index (Phi) is 13.2. The lowest BCUT2D eigenvalue weighted by molar-refractivity contribution is 0.669. The van der Waals surface area contributed by atoms with E-state index in [-0.39, 0.29) is 0 Å². The maximum atomic E-state index is 6.71. The number of hydrogen-bond donors (Lipinski definition) is 0. The molecule has 1 heterocycles. The summed E-state index contributed by atoms with van der Waals surface area (Å²) in [5, 5.41) is 2.15. The smallest absolute Gasteiger partial charge is 0.137 e. The van der Waals surface area contributed by atoms with Crippen molar-refractivity contribution in [2.75, 3.05) is 9.80 Å².